The molecule has 2 N–H and O–H groups in total. The van der Waals surface area contributed by atoms with Gasteiger partial charge in [0.05, 0.1) is 11.8 Å². The number of anilines is 2. The fourth-order valence-electron chi connectivity index (χ4n) is 4.43. The Morgan fingerprint density at radius 1 is 1.09 bits per heavy atom. The quantitative estimate of drug-likeness (QED) is 0.833. The minimum atomic E-state index is -0.277. The highest BCUT2D eigenvalue weighted by molar-refractivity contribution is 5.97. The Bertz CT molecular complexity index is 682. The van der Waals surface area contributed by atoms with Crippen LogP contribution in [0.25, 0.3) is 0 Å². The summed E-state index contributed by atoms with van der Waals surface area (Å²) in [6, 6.07) is 6.95. The molecule has 2 aliphatic carbocycles. The van der Waals surface area contributed by atoms with E-state index in [2.05, 4.69) is 10.6 Å². The molecule has 3 fully saturated rings. The van der Waals surface area contributed by atoms with Crippen LogP contribution in [0.15, 0.2) is 24.3 Å². The van der Waals surface area contributed by atoms with E-state index in [-0.39, 0.29) is 47.6 Å². The van der Waals surface area contributed by atoms with Gasteiger partial charge < -0.3 is 15.4 Å². The van der Waals surface area contributed by atoms with Crippen molar-refractivity contribution in [2.24, 2.45) is 23.7 Å². The van der Waals surface area contributed by atoms with Crippen molar-refractivity contribution in [3.05, 3.63) is 24.3 Å². The van der Waals surface area contributed by atoms with Gasteiger partial charge in [0.15, 0.2) is 0 Å². The predicted octanol–water partition coefficient (Wildman–Crippen LogP) is 1.78. The van der Waals surface area contributed by atoms with E-state index < -0.39 is 0 Å². The van der Waals surface area contributed by atoms with Crippen molar-refractivity contribution in [3.63, 3.8) is 0 Å². The summed E-state index contributed by atoms with van der Waals surface area (Å²) >= 11 is 0. The summed E-state index contributed by atoms with van der Waals surface area (Å²) in [5, 5.41) is 5.57. The monoisotopic (exact) mass is 314 g/mol. The second kappa shape index (κ2) is 5.08. The lowest BCUT2D eigenvalue weighted by molar-refractivity contribution is -0.145. The van der Waals surface area contributed by atoms with Crippen LogP contribution in [-0.2, 0) is 19.1 Å². The van der Waals surface area contributed by atoms with Gasteiger partial charge in [-0.15, -0.1) is 0 Å². The highest BCUT2D eigenvalue weighted by Gasteiger charge is 2.63. The third-order valence-corrected chi connectivity index (χ3v) is 5.26. The average molecular weight is 314 g/mol. The van der Waals surface area contributed by atoms with Crippen LogP contribution < -0.4 is 10.6 Å². The van der Waals surface area contributed by atoms with Crippen molar-refractivity contribution >= 4 is 29.2 Å². The second-order valence-electron chi connectivity index (χ2n) is 6.67. The zero-order chi connectivity index (χ0) is 16.1. The van der Waals surface area contributed by atoms with E-state index in [1.807, 2.05) is 0 Å². The van der Waals surface area contributed by atoms with Crippen molar-refractivity contribution < 1.29 is 19.1 Å². The van der Waals surface area contributed by atoms with Crippen LogP contribution in [0.4, 0.5) is 11.4 Å². The maximum atomic E-state index is 12.6. The van der Waals surface area contributed by atoms with Crippen molar-refractivity contribution in [2.75, 3.05) is 10.6 Å². The van der Waals surface area contributed by atoms with Gasteiger partial charge in [0, 0.05) is 24.2 Å². The Hall–Kier alpha value is -2.37. The third-order valence-electron chi connectivity index (χ3n) is 5.26. The normalized spacial score (nSPS) is 33.4. The number of amides is 2. The van der Waals surface area contributed by atoms with Gasteiger partial charge in [-0.1, -0.05) is 0 Å². The summed E-state index contributed by atoms with van der Waals surface area (Å²) in [5.74, 6) is -0.518. The maximum absolute atomic E-state index is 12.6. The molecule has 0 radical (unpaired) electrons. The van der Waals surface area contributed by atoms with Crippen molar-refractivity contribution in [2.45, 2.75) is 25.9 Å². The molecule has 5 atom stereocenters. The molecule has 0 spiro atoms. The zero-order valence-corrected chi connectivity index (χ0v) is 12.7. The van der Waals surface area contributed by atoms with Crippen LogP contribution in [0.2, 0.25) is 0 Å². The van der Waals surface area contributed by atoms with Crippen LogP contribution in [-0.4, -0.2) is 23.9 Å². The van der Waals surface area contributed by atoms with Crippen LogP contribution in [0.3, 0.4) is 0 Å². The summed E-state index contributed by atoms with van der Waals surface area (Å²) in [6.07, 6.45) is 1.77. The van der Waals surface area contributed by atoms with E-state index in [1.165, 1.54) is 6.92 Å². The first-order valence-electron chi connectivity index (χ1n) is 7.92. The molecular formula is C17H18N2O4. The predicted molar refractivity (Wildman–Crippen MR) is 82.4 cm³/mol. The number of hydrogen-bond donors (Lipinski definition) is 2. The summed E-state index contributed by atoms with van der Waals surface area (Å²) in [4.78, 5) is 35.6. The van der Waals surface area contributed by atoms with E-state index in [0.717, 1.165) is 12.8 Å². The minimum Gasteiger partial charge on any atom is -0.462 e. The molecule has 4 rings (SSSR count). The van der Waals surface area contributed by atoms with E-state index in [0.29, 0.717) is 11.4 Å². The lowest BCUT2D eigenvalue weighted by atomic mass is 9.79. The lowest BCUT2D eigenvalue weighted by Gasteiger charge is -2.23. The minimum absolute atomic E-state index is 0.0403. The first-order chi connectivity index (χ1) is 11.0. The number of carbonyl (C=O) groups is 3. The van der Waals surface area contributed by atoms with Gasteiger partial charge in [-0.05, 0) is 43.0 Å². The van der Waals surface area contributed by atoms with Crippen LogP contribution in [0, 0.1) is 23.7 Å². The Morgan fingerprint density at radius 2 is 1.74 bits per heavy atom. The lowest BCUT2D eigenvalue weighted by Crippen LogP contribution is -2.35. The van der Waals surface area contributed by atoms with Gasteiger partial charge in [-0.2, -0.15) is 0 Å². The van der Waals surface area contributed by atoms with E-state index >= 15 is 0 Å². The van der Waals surface area contributed by atoms with Gasteiger partial charge in [0.25, 0.3) is 0 Å². The van der Waals surface area contributed by atoms with Gasteiger partial charge >= 0.3 is 5.97 Å². The fraction of sp³-hybridized carbons (Fsp3) is 0.471. The van der Waals surface area contributed by atoms with Crippen LogP contribution in [0.5, 0.6) is 0 Å². The van der Waals surface area contributed by atoms with Gasteiger partial charge in [-0.3, -0.25) is 14.4 Å². The molecule has 0 unspecified atom stereocenters. The standard InChI is InChI=1S/C17H18N2O4/c1-8(20)18-10-2-4-11(5-3-10)19-16(21)14-9-6-12-13(7-9)23-17(22)15(12)14/h2-5,9,12-15H,6-7H2,1H3,(H,18,20)(H,19,21)/t9-,12-,13-,14-,15+/m1/s1. The first-order valence-corrected chi connectivity index (χ1v) is 7.92. The van der Waals surface area contributed by atoms with Crippen LogP contribution >= 0.6 is 0 Å². The number of esters is 1. The van der Waals surface area contributed by atoms with Crippen molar-refractivity contribution in [3.8, 4) is 0 Å². The Labute approximate surface area is 133 Å². The van der Waals surface area contributed by atoms with E-state index in [9.17, 15) is 14.4 Å². The highest BCUT2D eigenvalue weighted by Crippen LogP contribution is 2.57. The molecule has 1 heterocycles. The number of nitrogens with one attached hydrogen (secondary N) is 2. The van der Waals surface area contributed by atoms with E-state index in [4.69, 9.17) is 4.74 Å². The highest BCUT2D eigenvalue weighted by atomic mass is 16.6. The molecular weight excluding hydrogens is 296 g/mol. The second-order valence-corrected chi connectivity index (χ2v) is 6.67. The molecule has 6 nitrogen and oxygen atoms in total. The molecule has 0 aromatic heterocycles. The molecule has 1 aliphatic heterocycles. The SMILES string of the molecule is CC(=O)Nc1ccc(NC(=O)[C@@H]2[C@@H]3C[C@H]4[C@@H]2C(=O)O[C@@H]4C3)cc1. The molecule has 1 saturated heterocycles. The van der Waals surface area contributed by atoms with Crippen LogP contribution in [0.1, 0.15) is 19.8 Å². The summed E-state index contributed by atoms with van der Waals surface area (Å²) < 4.78 is 5.36. The molecule has 1 aromatic carbocycles. The van der Waals surface area contributed by atoms with Gasteiger partial charge in [0.2, 0.25) is 11.8 Å². The van der Waals surface area contributed by atoms with E-state index in [1.54, 1.807) is 24.3 Å². The van der Waals surface area contributed by atoms with Crippen molar-refractivity contribution in [1.29, 1.82) is 0 Å². The number of rotatable bonds is 3. The van der Waals surface area contributed by atoms with Gasteiger partial charge in [0.1, 0.15) is 6.10 Å². The number of benzene rings is 1. The summed E-state index contributed by atoms with van der Waals surface area (Å²) in [5.41, 5.74) is 1.34. The zero-order valence-electron chi connectivity index (χ0n) is 12.7. The summed E-state index contributed by atoms with van der Waals surface area (Å²) in [7, 11) is 0. The van der Waals surface area contributed by atoms with Crippen molar-refractivity contribution in [1.82, 2.24) is 0 Å². The first kappa shape index (κ1) is 14.2. The number of ether oxygens (including phenoxy) is 1. The Balaban J connectivity index is 1.46. The Kier molecular flexibility index (Phi) is 3.14. The molecule has 1 aromatic rings. The molecule has 2 saturated carbocycles. The largest absolute Gasteiger partial charge is 0.462 e. The molecule has 6 heteroatoms. The smallest absolute Gasteiger partial charge is 0.310 e. The maximum Gasteiger partial charge on any atom is 0.310 e. The van der Waals surface area contributed by atoms with Gasteiger partial charge in [-0.25, -0.2) is 0 Å². The molecule has 2 bridgehead atoms. The summed E-state index contributed by atoms with van der Waals surface area (Å²) in [6.45, 7) is 1.44. The third kappa shape index (κ3) is 2.29. The number of carbonyl (C=O) groups excluding carboxylic acids is 3. The molecule has 23 heavy (non-hydrogen) atoms. The topological polar surface area (TPSA) is 84.5 Å². The number of fused-ring (bicyclic) bond motifs is 1. The molecule has 3 aliphatic rings. The molecule has 120 valence electrons. The number of hydrogen-bond acceptors (Lipinski definition) is 4. The average Bonchev–Trinajstić information content (AvgIpc) is 3.10. The fourth-order valence-corrected chi connectivity index (χ4v) is 4.43. The molecule has 2 amide bonds. The Morgan fingerprint density at radius 3 is 2.39 bits per heavy atom.